The molecule has 1 aromatic carbocycles. The van der Waals surface area contributed by atoms with Crippen molar-refractivity contribution in [3.63, 3.8) is 0 Å². The number of benzene rings is 1. The predicted octanol–water partition coefficient (Wildman–Crippen LogP) is 1.09. The van der Waals surface area contributed by atoms with Gasteiger partial charge in [-0.15, -0.1) is 0 Å². The minimum Gasteiger partial charge on any atom is -0.330 e. The normalized spacial score (nSPS) is 12.7. The van der Waals surface area contributed by atoms with E-state index in [1.807, 2.05) is 13.8 Å². The van der Waals surface area contributed by atoms with Gasteiger partial charge < -0.3 is 5.73 Å². The van der Waals surface area contributed by atoms with Crippen LogP contribution >= 0.6 is 0 Å². The Morgan fingerprint density at radius 1 is 1.29 bits per heavy atom. The molecule has 3 N–H and O–H groups in total. The quantitative estimate of drug-likeness (QED) is 0.832. The highest BCUT2D eigenvalue weighted by atomic mass is 32.2. The Labute approximate surface area is 101 Å². The van der Waals surface area contributed by atoms with Crippen molar-refractivity contribution in [2.75, 3.05) is 13.1 Å². The molecule has 0 bridgehead atoms. The van der Waals surface area contributed by atoms with Gasteiger partial charge in [-0.2, -0.15) is 0 Å². The maximum Gasteiger partial charge on any atom is 0.240 e. The maximum absolute atomic E-state index is 12.7. The molecular formula is C11H17FN2O2S. The van der Waals surface area contributed by atoms with Crippen LogP contribution in [0.1, 0.15) is 13.8 Å². The summed E-state index contributed by atoms with van der Waals surface area (Å²) in [5.74, 6) is -0.466. The van der Waals surface area contributed by atoms with Gasteiger partial charge in [0.1, 0.15) is 5.82 Å². The Morgan fingerprint density at radius 2 is 1.82 bits per heavy atom. The van der Waals surface area contributed by atoms with Crippen LogP contribution in [0, 0.1) is 11.2 Å². The molecule has 0 fully saturated rings. The first-order chi connectivity index (χ1) is 7.77. The molecule has 0 unspecified atom stereocenters. The summed E-state index contributed by atoms with van der Waals surface area (Å²) in [6, 6.07) is 4.69. The van der Waals surface area contributed by atoms with Crippen LogP contribution in [0.3, 0.4) is 0 Å². The summed E-state index contributed by atoms with van der Waals surface area (Å²) in [5, 5.41) is 0. The molecule has 0 radical (unpaired) electrons. The molecule has 17 heavy (non-hydrogen) atoms. The summed E-state index contributed by atoms with van der Waals surface area (Å²) in [4.78, 5) is 0.0479. The molecule has 1 aromatic rings. The van der Waals surface area contributed by atoms with Gasteiger partial charge in [-0.05, 0) is 36.2 Å². The van der Waals surface area contributed by atoms with Gasteiger partial charge in [-0.3, -0.25) is 0 Å². The summed E-state index contributed by atoms with van der Waals surface area (Å²) < 4.78 is 38.8. The van der Waals surface area contributed by atoms with Crippen molar-refractivity contribution >= 4 is 10.0 Å². The zero-order valence-corrected chi connectivity index (χ0v) is 10.7. The third-order valence-electron chi connectivity index (χ3n) is 2.42. The fourth-order valence-electron chi connectivity index (χ4n) is 1.06. The lowest BCUT2D eigenvalue weighted by atomic mass is 9.95. The zero-order chi connectivity index (χ0) is 13.1. The molecule has 0 atom stereocenters. The highest BCUT2D eigenvalue weighted by Gasteiger charge is 2.20. The molecule has 0 aromatic heterocycles. The van der Waals surface area contributed by atoms with Crippen LogP contribution in [0.5, 0.6) is 0 Å². The Morgan fingerprint density at radius 3 is 2.29 bits per heavy atom. The maximum atomic E-state index is 12.7. The van der Waals surface area contributed by atoms with Crippen molar-refractivity contribution in [2.45, 2.75) is 18.7 Å². The fourth-order valence-corrected chi connectivity index (χ4v) is 2.30. The van der Waals surface area contributed by atoms with Gasteiger partial charge in [-0.25, -0.2) is 17.5 Å². The number of nitrogens with two attached hydrogens (primary N) is 1. The Hall–Kier alpha value is -0.980. The van der Waals surface area contributed by atoms with Crippen LogP contribution in [0.15, 0.2) is 29.2 Å². The van der Waals surface area contributed by atoms with Crippen LogP contribution in [-0.2, 0) is 10.0 Å². The van der Waals surface area contributed by atoms with Gasteiger partial charge in [0.2, 0.25) is 10.0 Å². The second kappa shape index (κ2) is 5.12. The first-order valence-corrected chi connectivity index (χ1v) is 6.70. The molecule has 0 aliphatic rings. The highest BCUT2D eigenvalue weighted by molar-refractivity contribution is 7.89. The van der Waals surface area contributed by atoms with E-state index in [2.05, 4.69) is 4.72 Å². The van der Waals surface area contributed by atoms with Gasteiger partial charge in [0.05, 0.1) is 4.90 Å². The number of sulfonamides is 1. The summed E-state index contributed by atoms with van der Waals surface area (Å²) in [7, 11) is -3.59. The highest BCUT2D eigenvalue weighted by Crippen LogP contribution is 2.14. The number of nitrogens with one attached hydrogen (secondary N) is 1. The van der Waals surface area contributed by atoms with E-state index in [-0.39, 0.29) is 16.9 Å². The molecule has 0 heterocycles. The van der Waals surface area contributed by atoms with E-state index in [9.17, 15) is 12.8 Å². The second-order valence-electron chi connectivity index (χ2n) is 4.65. The van der Waals surface area contributed by atoms with E-state index >= 15 is 0 Å². The molecule has 6 heteroatoms. The lowest BCUT2D eigenvalue weighted by molar-refractivity contribution is 0.376. The van der Waals surface area contributed by atoms with Crippen LogP contribution in [0.2, 0.25) is 0 Å². The smallest absolute Gasteiger partial charge is 0.240 e. The summed E-state index contributed by atoms with van der Waals surface area (Å²) in [5.41, 5.74) is 5.20. The van der Waals surface area contributed by atoms with Crippen molar-refractivity contribution in [2.24, 2.45) is 11.1 Å². The van der Waals surface area contributed by atoms with Crippen LogP contribution in [0.4, 0.5) is 4.39 Å². The Balaban J connectivity index is 2.79. The van der Waals surface area contributed by atoms with E-state index < -0.39 is 15.8 Å². The van der Waals surface area contributed by atoms with Crippen LogP contribution in [0.25, 0.3) is 0 Å². The van der Waals surface area contributed by atoms with Gasteiger partial charge in [0, 0.05) is 6.54 Å². The Kier molecular flexibility index (Phi) is 4.24. The molecule has 4 nitrogen and oxygen atoms in total. The minimum atomic E-state index is -3.59. The number of halogens is 1. The van der Waals surface area contributed by atoms with E-state index in [1.54, 1.807) is 0 Å². The fraction of sp³-hybridized carbons (Fsp3) is 0.455. The summed E-state index contributed by atoms with van der Waals surface area (Å²) in [6.45, 7) is 4.34. The molecular weight excluding hydrogens is 243 g/mol. The van der Waals surface area contributed by atoms with E-state index in [0.717, 1.165) is 12.1 Å². The first-order valence-electron chi connectivity index (χ1n) is 5.22. The SMILES string of the molecule is CC(C)(CN)CNS(=O)(=O)c1ccc(F)cc1. The third-order valence-corrected chi connectivity index (χ3v) is 3.83. The van der Waals surface area contributed by atoms with Crippen LogP contribution in [-0.4, -0.2) is 21.5 Å². The molecule has 0 saturated carbocycles. The molecule has 0 spiro atoms. The Bertz CT molecular complexity index is 469. The van der Waals surface area contributed by atoms with Crippen LogP contribution < -0.4 is 10.5 Å². The molecule has 96 valence electrons. The molecule has 0 amide bonds. The molecule has 0 saturated heterocycles. The third kappa shape index (κ3) is 4.07. The largest absolute Gasteiger partial charge is 0.330 e. The number of hydrogen-bond acceptors (Lipinski definition) is 3. The first kappa shape index (κ1) is 14.1. The van der Waals surface area contributed by atoms with Gasteiger partial charge >= 0.3 is 0 Å². The summed E-state index contributed by atoms with van der Waals surface area (Å²) >= 11 is 0. The predicted molar refractivity (Wildman–Crippen MR) is 64.4 cm³/mol. The van der Waals surface area contributed by atoms with Crippen molar-refractivity contribution in [3.05, 3.63) is 30.1 Å². The lowest BCUT2D eigenvalue weighted by Gasteiger charge is -2.22. The van der Waals surface area contributed by atoms with E-state index in [1.165, 1.54) is 12.1 Å². The lowest BCUT2D eigenvalue weighted by Crippen LogP contribution is -2.38. The minimum absolute atomic E-state index is 0.0479. The average Bonchev–Trinajstić information content (AvgIpc) is 2.27. The van der Waals surface area contributed by atoms with E-state index in [4.69, 9.17) is 5.73 Å². The number of hydrogen-bond donors (Lipinski definition) is 2. The molecule has 1 rings (SSSR count). The average molecular weight is 260 g/mol. The number of rotatable bonds is 5. The zero-order valence-electron chi connectivity index (χ0n) is 9.90. The summed E-state index contributed by atoms with van der Waals surface area (Å²) in [6.07, 6.45) is 0. The van der Waals surface area contributed by atoms with Crippen molar-refractivity contribution < 1.29 is 12.8 Å². The second-order valence-corrected chi connectivity index (χ2v) is 6.41. The molecule has 0 aliphatic carbocycles. The van der Waals surface area contributed by atoms with Gasteiger partial charge in [-0.1, -0.05) is 13.8 Å². The van der Waals surface area contributed by atoms with Crippen molar-refractivity contribution in [3.8, 4) is 0 Å². The van der Waals surface area contributed by atoms with Crippen molar-refractivity contribution in [1.82, 2.24) is 4.72 Å². The molecule has 0 aliphatic heterocycles. The monoisotopic (exact) mass is 260 g/mol. The van der Waals surface area contributed by atoms with Gasteiger partial charge in [0.25, 0.3) is 0 Å². The van der Waals surface area contributed by atoms with Gasteiger partial charge in [0.15, 0.2) is 0 Å². The van der Waals surface area contributed by atoms with Crippen molar-refractivity contribution in [1.29, 1.82) is 0 Å². The standard InChI is InChI=1S/C11H17FN2O2S/c1-11(2,7-13)8-14-17(15,16)10-5-3-9(12)4-6-10/h3-6,14H,7-8,13H2,1-2H3. The topological polar surface area (TPSA) is 72.2 Å². The van der Waals surface area contributed by atoms with E-state index in [0.29, 0.717) is 6.54 Å².